The molecule has 0 aromatic heterocycles. The summed E-state index contributed by atoms with van der Waals surface area (Å²) in [7, 11) is 30.4. The van der Waals surface area contributed by atoms with Crippen molar-refractivity contribution in [2.75, 3.05) is 36.6 Å². The van der Waals surface area contributed by atoms with Crippen LogP contribution in [-0.4, -0.2) is 141 Å². The van der Waals surface area contributed by atoms with Crippen LogP contribution in [0.15, 0.2) is 48.5 Å². The molecule has 22 heteroatoms. The van der Waals surface area contributed by atoms with E-state index in [0.717, 1.165) is 4.90 Å². The number of carbonyl (C=O) groups is 4. The molecule has 2 atom stereocenters. The van der Waals surface area contributed by atoms with Gasteiger partial charge in [-0.3, -0.25) is 14.6 Å². The fourth-order valence-electron chi connectivity index (χ4n) is 3.26. The lowest BCUT2D eigenvalue weighted by molar-refractivity contribution is -0.142. The lowest BCUT2D eigenvalue weighted by Gasteiger charge is -2.28. The van der Waals surface area contributed by atoms with Crippen molar-refractivity contribution in [3.05, 3.63) is 48.5 Å². The molecule has 0 unspecified atom stereocenters. The molecule has 8 N–H and O–H groups in total. The molecule has 2 rings (SSSR count). The topological polar surface area (TPSA) is 204 Å². The third kappa shape index (κ3) is 22.7. The molecule has 0 saturated carbocycles. The monoisotopic (exact) mass is 703 g/mol. The molecule has 13 nitrogen and oxygen atoms in total. The van der Waals surface area contributed by atoms with Gasteiger partial charge in [0.1, 0.15) is 23.3 Å². The molecule has 0 fully saturated rings. The maximum atomic E-state index is 12.1. The minimum absolute atomic E-state index is 0.311. The van der Waals surface area contributed by atoms with Gasteiger partial charge in [-0.1, -0.05) is 12.1 Å². The summed E-state index contributed by atoms with van der Waals surface area (Å²) >= 11 is 0. The Hall–Kier alpha value is -4.10. The van der Waals surface area contributed by atoms with Gasteiger partial charge >= 0.3 is 18.2 Å². The van der Waals surface area contributed by atoms with Crippen molar-refractivity contribution in [1.82, 2.24) is 9.80 Å². The zero-order valence-electron chi connectivity index (χ0n) is 32.0. The number of aliphatic carboxylic acids is 1. The van der Waals surface area contributed by atoms with Crippen LogP contribution in [0, 0.1) is 0 Å². The molecule has 0 spiro atoms. The van der Waals surface area contributed by atoms with Crippen molar-refractivity contribution in [2.24, 2.45) is 0 Å². The van der Waals surface area contributed by atoms with Crippen LogP contribution in [0.5, 0.6) is 0 Å². The largest absolute Gasteiger partial charge is 0.480 e. The molecule has 0 heterocycles. The number of carboxylic acid groups (broad SMARTS) is 1. The van der Waals surface area contributed by atoms with Crippen LogP contribution in [0.4, 0.5) is 32.3 Å². The van der Waals surface area contributed by atoms with Crippen LogP contribution in [0.1, 0.15) is 55.4 Å². The summed E-state index contributed by atoms with van der Waals surface area (Å²) in [5.41, 5.74) is 17.8. The first-order valence-electron chi connectivity index (χ1n) is 16.1. The highest BCUT2D eigenvalue weighted by Gasteiger charge is 2.28. The number of benzene rings is 2. The SMILES string of the molecule is C[C@@H](C(=O)Nc1cccc(N)c1)N(C)C(=O)OC(C)(C)C.C[C@@H](C(=O)O)N(C)C(=O)OC(C)(C)C.Nc1cccc(N)c1.[B][B]B(B([B])[B])B([B])[B]. The van der Waals surface area contributed by atoms with Crippen LogP contribution in [0.3, 0.4) is 0 Å². The predicted molar refractivity (Wildman–Crippen MR) is 221 cm³/mol. The molecule has 52 heavy (non-hydrogen) atoms. The molecule has 3 amide bonds. The zero-order valence-corrected chi connectivity index (χ0v) is 32.0. The number of hydrogen-bond acceptors (Lipinski definition) is 9. The molecular weight excluding hydrogens is 654 g/mol. The van der Waals surface area contributed by atoms with E-state index in [-0.39, 0.29) is 12.3 Å². The molecule has 0 aliphatic heterocycles. The Morgan fingerprint density at radius 2 is 1.12 bits per heavy atom. The quantitative estimate of drug-likeness (QED) is 0.197. The lowest BCUT2D eigenvalue weighted by Crippen LogP contribution is -2.55. The van der Waals surface area contributed by atoms with E-state index in [1.165, 1.54) is 33.0 Å². The molecule has 2 aromatic rings. The van der Waals surface area contributed by atoms with Crippen molar-refractivity contribution < 1.29 is 33.8 Å². The summed E-state index contributed by atoms with van der Waals surface area (Å²) in [6.07, 6.45) is -2.64. The maximum Gasteiger partial charge on any atom is 0.410 e. The van der Waals surface area contributed by atoms with Crippen molar-refractivity contribution in [1.29, 1.82) is 0 Å². The van der Waals surface area contributed by atoms with Crippen molar-refractivity contribution in [3.8, 4) is 0 Å². The summed E-state index contributed by atoms with van der Waals surface area (Å²) in [4.78, 5) is 48.3. The Kier molecular flexibility index (Phi) is 22.6. The van der Waals surface area contributed by atoms with Crippen LogP contribution in [-0.2, 0) is 19.1 Å². The fraction of sp³-hybridized carbons (Fsp3) is 0.467. The van der Waals surface area contributed by atoms with E-state index in [1.54, 1.807) is 90.9 Å². The van der Waals surface area contributed by atoms with E-state index in [1.807, 2.05) is 6.07 Å². The third-order valence-electron chi connectivity index (χ3n) is 6.44. The summed E-state index contributed by atoms with van der Waals surface area (Å²) in [5, 5.41) is 11.4. The second-order valence-electron chi connectivity index (χ2n) is 13.6. The van der Waals surface area contributed by atoms with Crippen LogP contribution < -0.4 is 22.5 Å². The average Bonchev–Trinajstić information content (AvgIpc) is 2.98. The number of anilines is 4. The number of nitrogens with zero attached hydrogens (tertiary/aromatic N) is 2. The van der Waals surface area contributed by atoms with Gasteiger partial charge in [0.2, 0.25) is 5.91 Å². The molecule has 0 bridgehead atoms. The van der Waals surface area contributed by atoms with Gasteiger partial charge in [0, 0.05) is 102 Å². The lowest BCUT2D eigenvalue weighted by atomic mass is 8.64. The Morgan fingerprint density at radius 1 is 0.750 bits per heavy atom. The number of carbonyl (C=O) groups excluding carboxylic acids is 3. The van der Waals surface area contributed by atoms with Gasteiger partial charge in [-0.05, 0) is 91.8 Å². The second-order valence-corrected chi connectivity index (χ2v) is 13.6. The number of rotatable bonds is 8. The predicted octanol–water partition coefficient (Wildman–Crippen LogP) is 1.21. The number of nitrogens with two attached hydrogens (primary N) is 3. The van der Waals surface area contributed by atoms with E-state index >= 15 is 0 Å². The minimum atomic E-state index is -1.06. The summed E-state index contributed by atoms with van der Waals surface area (Å²) in [6, 6.07) is 12.5. The van der Waals surface area contributed by atoms with Gasteiger partial charge in [-0.15, -0.1) is 0 Å². The van der Waals surface area contributed by atoms with Crippen LogP contribution in [0.2, 0.25) is 0 Å². The summed E-state index contributed by atoms with van der Waals surface area (Å²) in [5.74, 6) is -1.37. The summed E-state index contributed by atoms with van der Waals surface area (Å²) in [6.45, 7) is 13.6. The Bertz CT molecular complexity index is 1390. The van der Waals surface area contributed by atoms with E-state index < -0.39 is 54.2 Å². The fourth-order valence-corrected chi connectivity index (χ4v) is 3.26. The number of nitrogen functional groups attached to an aromatic ring is 3. The number of ether oxygens (including phenoxy) is 2. The Morgan fingerprint density at radius 3 is 1.38 bits per heavy atom. The van der Waals surface area contributed by atoms with E-state index in [4.69, 9.17) is 70.5 Å². The number of amides is 3. The second kappa shape index (κ2) is 23.5. The molecule has 0 aliphatic carbocycles. The maximum absolute atomic E-state index is 12.1. The number of nitrogens with one attached hydrogen (secondary N) is 1. The molecule has 0 aliphatic rings. The molecule has 0 saturated heterocycles. The Labute approximate surface area is 318 Å². The van der Waals surface area contributed by atoms with Gasteiger partial charge < -0.3 is 37.1 Å². The molecule has 11 radical (unpaired) electrons. The average molecular weight is 702 g/mol. The standard InChI is InChI=1S/C15H23N3O3.C9H17NO4.C6H8N2.B9/c1-10(18(5)14(20)21-15(2,3)4)13(19)17-12-8-6-7-11(16)9-12;1-6(7(11)12)10(5)8(13)14-9(2,3)4;7-5-2-1-3-6(8)4-5;1-6-9(7(2)3)8(4)5/h6-10H,16H2,1-5H3,(H,17,19);6H,1-5H3,(H,11,12);1-4H,7-8H2;/t10-;6-;;/m00../s1. The van der Waals surface area contributed by atoms with Crippen LogP contribution >= 0.6 is 0 Å². The van der Waals surface area contributed by atoms with E-state index in [9.17, 15) is 19.2 Å². The van der Waals surface area contributed by atoms with Gasteiger partial charge in [0.05, 0.1) is 0 Å². The first-order chi connectivity index (χ1) is 23.6. The van der Waals surface area contributed by atoms with Crippen molar-refractivity contribution >= 4 is 112 Å². The van der Waals surface area contributed by atoms with Crippen molar-refractivity contribution in [2.45, 2.75) is 78.7 Å². The minimum Gasteiger partial charge on any atom is -0.480 e. The first-order valence-corrected chi connectivity index (χ1v) is 16.1. The molecule has 267 valence electrons. The summed E-state index contributed by atoms with van der Waals surface area (Å²) < 4.78 is 10.2. The van der Waals surface area contributed by atoms with Gasteiger partial charge in [-0.25, -0.2) is 14.4 Å². The van der Waals surface area contributed by atoms with Crippen molar-refractivity contribution in [3.63, 3.8) is 0 Å². The highest BCUT2D eigenvalue weighted by Crippen LogP contribution is 2.15. The number of likely N-dealkylation sites (N-methyl/N-ethyl adjacent to an activating group) is 2. The highest BCUT2D eigenvalue weighted by atomic mass is 16.6. The number of carboxylic acids is 1. The highest BCUT2D eigenvalue weighted by molar-refractivity contribution is 7.93. The van der Waals surface area contributed by atoms with Gasteiger partial charge in [-0.2, -0.15) is 0 Å². The Balaban J connectivity index is 0. The zero-order chi connectivity index (χ0) is 41.1. The van der Waals surface area contributed by atoms with Gasteiger partial charge in [0.15, 0.2) is 0 Å². The van der Waals surface area contributed by atoms with Gasteiger partial charge in [0.25, 0.3) is 0 Å². The third-order valence-corrected chi connectivity index (χ3v) is 6.44. The van der Waals surface area contributed by atoms with E-state index in [2.05, 4.69) is 5.32 Å². The van der Waals surface area contributed by atoms with Crippen LogP contribution in [0.25, 0.3) is 0 Å². The number of hydrogen-bond donors (Lipinski definition) is 5. The molecule has 2 aromatic carbocycles. The smallest absolute Gasteiger partial charge is 0.410 e. The van der Waals surface area contributed by atoms with E-state index in [0.29, 0.717) is 22.7 Å². The first kappa shape index (κ1) is 50.0. The molecular formula is C30H48B9N6O7. The normalized spacial score (nSPS) is 11.3.